The van der Waals surface area contributed by atoms with Crippen LogP contribution in [0.25, 0.3) is 10.2 Å². The van der Waals surface area contributed by atoms with Gasteiger partial charge in [-0.25, -0.2) is 9.78 Å². The van der Waals surface area contributed by atoms with Gasteiger partial charge in [-0.2, -0.15) is 13.2 Å². The molecule has 4 heterocycles. The lowest BCUT2D eigenvalue weighted by atomic mass is 9.87. The van der Waals surface area contributed by atoms with E-state index >= 15 is 0 Å². The fourth-order valence-electron chi connectivity index (χ4n) is 4.86. The standard InChI is InChI=1S/C22H27F3N4O3S/c1-3-17(30)14-12-33-20-15(22(23,24)25)10-18(26-19(14)20)28-6-4-13(5-7-28)16-11-27(2)8-9-29(16)21(31)32/h10,12-13,16H,3-9,11H2,1-2H3,(H,31,32). The first-order valence-corrected chi connectivity index (χ1v) is 11.9. The van der Waals surface area contributed by atoms with Gasteiger partial charge in [0.2, 0.25) is 0 Å². The largest absolute Gasteiger partial charge is 0.465 e. The fraction of sp³-hybridized carbons (Fsp3) is 0.591. The quantitative estimate of drug-likeness (QED) is 0.648. The zero-order valence-electron chi connectivity index (χ0n) is 18.6. The third-order valence-electron chi connectivity index (χ3n) is 6.71. The minimum absolute atomic E-state index is 0.0136. The lowest BCUT2D eigenvalue weighted by Crippen LogP contribution is -2.58. The number of alkyl halides is 3. The average Bonchev–Trinajstić information content (AvgIpc) is 3.21. The molecular weight excluding hydrogens is 457 g/mol. The van der Waals surface area contributed by atoms with E-state index in [1.54, 1.807) is 6.92 Å². The van der Waals surface area contributed by atoms with Crippen LogP contribution in [0.15, 0.2) is 11.4 Å². The Morgan fingerprint density at radius 1 is 1.21 bits per heavy atom. The number of piperazine rings is 1. The monoisotopic (exact) mass is 484 g/mol. The molecule has 0 bridgehead atoms. The lowest BCUT2D eigenvalue weighted by molar-refractivity contribution is -0.136. The van der Waals surface area contributed by atoms with Gasteiger partial charge in [0.25, 0.3) is 0 Å². The van der Waals surface area contributed by atoms with Crippen LogP contribution in [0.1, 0.15) is 42.1 Å². The second-order valence-electron chi connectivity index (χ2n) is 8.76. The Balaban J connectivity index is 1.60. The number of pyridine rings is 1. The van der Waals surface area contributed by atoms with Gasteiger partial charge in [0.15, 0.2) is 5.78 Å². The summed E-state index contributed by atoms with van der Waals surface area (Å²) in [7, 11) is 1.97. The predicted molar refractivity (Wildman–Crippen MR) is 120 cm³/mol. The molecule has 33 heavy (non-hydrogen) atoms. The number of ketones is 1. The third kappa shape index (κ3) is 4.65. The van der Waals surface area contributed by atoms with Crippen molar-refractivity contribution in [1.29, 1.82) is 0 Å². The molecule has 4 rings (SSSR count). The Kier molecular flexibility index (Phi) is 6.54. The number of fused-ring (bicyclic) bond motifs is 1. The molecule has 2 aromatic heterocycles. The summed E-state index contributed by atoms with van der Waals surface area (Å²) in [6.07, 6.45) is -3.97. The van der Waals surface area contributed by atoms with Gasteiger partial charge >= 0.3 is 12.3 Å². The maximum absolute atomic E-state index is 13.8. The van der Waals surface area contributed by atoms with Gasteiger partial charge in [-0.1, -0.05) is 6.92 Å². The van der Waals surface area contributed by atoms with E-state index in [1.807, 2.05) is 11.9 Å². The van der Waals surface area contributed by atoms with Crippen LogP contribution in [-0.4, -0.2) is 77.6 Å². The number of hydrogen-bond acceptors (Lipinski definition) is 6. The predicted octanol–water partition coefficient (Wildman–Crippen LogP) is 4.42. The molecule has 0 aromatic carbocycles. The minimum atomic E-state index is -4.56. The maximum atomic E-state index is 13.8. The van der Waals surface area contributed by atoms with Crippen LogP contribution in [-0.2, 0) is 6.18 Å². The number of hydrogen-bond donors (Lipinski definition) is 1. The summed E-state index contributed by atoms with van der Waals surface area (Å²) in [5, 5.41) is 11.1. The molecular formula is C22H27F3N4O3S. The number of nitrogens with zero attached hydrogens (tertiary/aromatic N) is 4. The topological polar surface area (TPSA) is 77.0 Å². The Bertz CT molecular complexity index is 1050. The number of anilines is 1. The van der Waals surface area contributed by atoms with Gasteiger partial charge in [0.1, 0.15) is 5.82 Å². The van der Waals surface area contributed by atoms with Gasteiger partial charge < -0.3 is 19.8 Å². The van der Waals surface area contributed by atoms with Crippen molar-refractivity contribution >= 4 is 39.2 Å². The average molecular weight is 485 g/mol. The van der Waals surface area contributed by atoms with E-state index in [9.17, 15) is 27.9 Å². The lowest BCUT2D eigenvalue weighted by Gasteiger charge is -2.45. The van der Waals surface area contributed by atoms with Crippen molar-refractivity contribution in [2.45, 2.75) is 38.4 Å². The molecule has 2 saturated heterocycles. The third-order valence-corrected chi connectivity index (χ3v) is 7.71. The Labute approximate surface area is 193 Å². The summed E-state index contributed by atoms with van der Waals surface area (Å²) in [4.78, 5) is 33.9. The molecule has 0 radical (unpaired) electrons. The molecule has 1 atom stereocenters. The Morgan fingerprint density at radius 2 is 1.91 bits per heavy atom. The minimum Gasteiger partial charge on any atom is -0.465 e. The highest BCUT2D eigenvalue weighted by atomic mass is 32.1. The van der Waals surface area contributed by atoms with Crippen LogP contribution in [0.3, 0.4) is 0 Å². The van der Waals surface area contributed by atoms with E-state index in [0.29, 0.717) is 45.6 Å². The van der Waals surface area contributed by atoms with Crippen LogP contribution >= 0.6 is 11.3 Å². The summed E-state index contributed by atoms with van der Waals surface area (Å²) >= 11 is 0.901. The molecule has 0 spiro atoms. The van der Waals surface area contributed by atoms with E-state index in [2.05, 4.69) is 9.88 Å². The second kappa shape index (κ2) is 9.09. The van der Waals surface area contributed by atoms with Gasteiger partial charge in [0, 0.05) is 44.5 Å². The number of carboxylic acid groups (broad SMARTS) is 1. The molecule has 180 valence electrons. The summed E-state index contributed by atoms with van der Waals surface area (Å²) in [6, 6.07) is 0.951. The molecule has 0 saturated carbocycles. The number of carbonyl (C=O) groups excluding carboxylic acids is 1. The van der Waals surface area contributed by atoms with Crippen molar-refractivity contribution < 1.29 is 27.9 Å². The number of amides is 1. The number of aromatic nitrogens is 1. The van der Waals surface area contributed by atoms with Gasteiger partial charge in [-0.3, -0.25) is 4.79 Å². The molecule has 1 amide bonds. The fourth-order valence-corrected chi connectivity index (χ4v) is 5.91. The summed E-state index contributed by atoms with van der Waals surface area (Å²) < 4.78 is 41.5. The molecule has 11 heteroatoms. The molecule has 1 N–H and O–H groups in total. The van der Waals surface area contributed by atoms with Crippen molar-refractivity contribution in [3.63, 3.8) is 0 Å². The number of likely N-dealkylation sites (N-methyl/N-ethyl adjacent to an activating group) is 1. The first kappa shape index (κ1) is 23.7. The zero-order valence-corrected chi connectivity index (χ0v) is 19.4. The van der Waals surface area contributed by atoms with E-state index in [4.69, 9.17) is 0 Å². The summed E-state index contributed by atoms with van der Waals surface area (Å²) in [6.45, 7) is 4.43. The van der Waals surface area contributed by atoms with Crippen LogP contribution in [0, 0.1) is 5.92 Å². The first-order chi connectivity index (χ1) is 15.6. The van der Waals surface area contributed by atoms with E-state index in [0.717, 1.165) is 17.4 Å². The van der Waals surface area contributed by atoms with Crippen molar-refractivity contribution in [3.05, 3.63) is 22.6 Å². The molecule has 7 nitrogen and oxygen atoms in total. The Hall–Kier alpha value is -2.40. The highest BCUT2D eigenvalue weighted by Crippen LogP contribution is 2.41. The van der Waals surface area contributed by atoms with Gasteiger partial charge in [-0.15, -0.1) is 11.3 Å². The van der Waals surface area contributed by atoms with Crippen LogP contribution in [0.5, 0.6) is 0 Å². The van der Waals surface area contributed by atoms with E-state index in [1.165, 1.54) is 10.3 Å². The van der Waals surface area contributed by atoms with Crippen molar-refractivity contribution in [2.24, 2.45) is 5.92 Å². The Morgan fingerprint density at radius 3 is 2.52 bits per heavy atom. The second-order valence-corrected chi connectivity index (χ2v) is 9.64. The number of rotatable bonds is 4. The first-order valence-electron chi connectivity index (χ1n) is 11.1. The van der Waals surface area contributed by atoms with Crippen molar-refractivity contribution in [1.82, 2.24) is 14.8 Å². The molecule has 2 aliphatic rings. The number of Topliss-reactive ketones (excluding diaryl/α,β-unsaturated/α-hetero) is 1. The van der Waals surface area contributed by atoms with E-state index in [-0.39, 0.29) is 45.8 Å². The SMILES string of the molecule is CCC(=O)c1csc2c(C(F)(F)F)cc(N3CCC(C4CN(C)CCN4C(=O)O)CC3)nc12. The number of halogens is 3. The normalized spacial score (nSPS) is 21.1. The molecule has 0 aliphatic carbocycles. The zero-order chi connectivity index (χ0) is 23.9. The van der Waals surface area contributed by atoms with Crippen LogP contribution < -0.4 is 4.90 Å². The molecule has 2 aromatic rings. The van der Waals surface area contributed by atoms with Crippen molar-refractivity contribution in [3.8, 4) is 0 Å². The molecule has 1 unspecified atom stereocenters. The molecule has 2 aliphatic heterocycles. The summed E-state index contributed by atoms with van der Waals surface area (Å²) in [5.41, 5.74) is -0.414. The highest BCUT2D eigenvalue weighted by molar-refractivity contribution is 7.17. The number of carbonyl (C=O) groups is 2. The number of thiophene rings is 1. The summed E-state index contributed by atoms with van der Waals surface area (Å²) in [5.74, 6) is 0.116. The smallest absolute Gasteiger partial charge is 0.417 e. The van der Waals surface area contributed by atoms with Crippen LogP contribution in [0.2, 0.25) is 0 Å². The van der Waals surface area contributed by atoms with Crippen molar-refractivity contribution in [2.75, 3.05) is 44.7 Å². The van der Waals surface area contributed by atoms with Gasteiger partial charge in [0.05, 0.1) is 27.4 Å². The maximum Gasteiger partial charge on any atom is 0.417 e. The van der Waals surface area contributed by atoms with Crippen LogP contribution in [0.4, 0.5) is 23.8 Å². The number of piperidine rings is 1. The highest BCUT2D eigenvalue weighted by Gasteiger charge is 2.38. The van der Waals surface area contributed by atoms with Gasteiger partial charge in [-0.05, 0) is 31.9 Å². The molecule has 2 fully saturated rings. The van der Waals surface area contributed by atoms with E-state index < -0.39 is 17.8 Å².